The maximum atomic E-state index is 12.5. The normalized spacial score (nSPS) is 11.0. The highest BCUT2D eigenvalue weighted by molar-refractivity contribution is 6.03. The van der Waals surface area contributed by atoms with Gasteiger partial charge in [0.25, 0.3) is 5.56 Å². The van der Waals surface area contributed by atoms with Crippen LogP contribution in [0.3, 0.4) is 0 Å². The summed E-state index contributed by atoms with van der Waals surface area (Å²) in [4.78, 5) is 39.6. The molecule has 2 aromatic heterocycles. The molecular formula is C17H16N4O3. The van der Waals surface area contributed by atoms with Gasteiger partial charge < -0.3 is 4.98 Å². The Hall–Kier alpha value is -3.09. The third-order valence-electron chi connectivity index (χ3n) is 3.99. The fourth-order valence-corrected chi connectivity index (χ4v) is 2.90. The summed E-state index contributed by atoms with van der Waals surface area (Å²) in [5, 5.41) is 8.18. The molecule has 0 unspecified atom stereocenters. The molecule has 24 heavy (non-hydrogen) atoms. The van der Waals surface area contributed by atoms with Gasteiger partial charge in [0.05, 0.1) is 11.1 Å². The zero-order chi connectivity index (χ0) is 17.4. The van der Waals surface area contributed by atoms with Crippen LogP contribution < -0.4 is 5.56 Å². The molecule has 122 valence electrons. The first kappa shape index (κ1) is 15.8. The molecule has 0 spiro atoms. The summed E-state index contributed by atoms with van der Waals surface area (Å²) in [5.41, 5.74) is 2.17. The second-order valence-electron chi connectivity index (χ2n) is 5.67. The molecule has 7 nitrogen and oxygen atoms in total. The second kappa shape index (κ2) is 5.84. The third kappa shape index (κ3) is 2.54. The first-order valence-corrected chi connectivity index (χ1v) is 7.46. The Morgan fingerprint density at radius 1 is 1.21 bits per heavy atom. The number of aromatic amines is 1. The van der Waals surface area contributed by atoms with Crippen LogP contribution in [-0.2, 0) is 6.54 Å². The molecule has 0 amide bonds. The first-order valence-electron chi connectivity index (χ1n) is 7.46. The topological polar surface area (TPSA) is 97.7 Å². The number of benzene rings is 1. The first-order chi connectivity index (χ1) is 11.4. The fourth-order valence-electron chi connectivity index (χ4n) is 2.90. The van der Waals surface area contributed by atoms with Gasteiger partial charge in [0.1, 0.15) is 12.1 Å². The number of carbonyl (C=O) groups excluding carboxylic acids is 2. The summed E-state index contributed by atoms with van der Waals surface area (Å²) < 4.78 is 1.04. The Balaban J connectivity index is 1.99. The van der Waals surface area contributed by atoms with Crippen LogP contribution >= 0.6 is 0 Å². The quantitative estimate of drug-likeness (QED) is 0.738. The third-order valence-corrected chi connectivity index (χ3v) is 3.99. The van der Waals surface area contributed by atoms with E-state index in [0.29, 0.717) is 33.4 Å². The van der Waals surface area contributed by atoms with Crippen LogP contribution in [0.1, 0.15) is 39.0 Å². The van der Waals surface area contributed by atoms with E-state index in [9.17, 15) is 14.4 Å². The number of Topliss-reactive ketones (excluding diaryl/α,β-unsaturated/α-hetero) is 2. The largest absolute Gasteiger partial charge is 0.355 e. The zero-order valence-corrected chi connectivity index (χ0v) is 13.6. The number of carbonyl (C=O) groups is 2. The van der Waals surface area contributed by atoms with Crippen LogP contribution in [0.4, 0.5) is 0 Å². The molecule has 3 aromatic rings. The standard InChI is InChI=1S/C17H16N4O3/c1-9-15(11(3)22)10(2)18-16(9)14(23)8-21-17(24)12-6-4-5-7-13(12)19-20-21/h4-7,18H,8H2,1-3H3. The molecule has 0 aliphatic heterocycles. The van der Waals surface area contributed by atoms with Crippen molar-refractivity contribution in [1.82, 2.24) is 20.0 Å². The van der Waals surface area contributed by atoms with Crippen molar-refractivity contribution in [1.29, 1.82) is 0 Å². The molecule has 1 aromatic carbocycles. The highest BCUT2D eigenvalue weighted by Gasteiger charge is 2.20. The molecule has 0 saturated heterocycles. The van der Waals surface area contributed by atoms with Gasteiger partial charge in [-0.05, 0) is 38.5 Å². The van der Waals surface area contributed by atoms with Crippen molar-refractivity contribution in [3.05, 3.63) is 57.1 Å². The van der Waals surface area contributed by atoms with Gasteiger partial charge in [0, 0.05) is 11.3 Å². The highest BCUT2D eigenvalue weighted by atomic mass is 16.1. The summed E-state index contributed by atoms with van der Waals surface area (Å²) in [6.45, 7) is 4.66. The molecule has 7 heteroatoms. The molecule has 3 rings (SSSR count). The fraction of sp³-hybridized carbons (Fsp3) is 0.235. The average Bonchev–Trinajstić information content (AvgIpc) is 2.85. The summed E-state index contributed by atoms with van der Waals surface area (Å²) in [5.74, 6) is -0.433. The van der Waals surface area contributed by atoms with E-state index in [0.717, 1.165) is 4.68 Å². The van der Waals surface area contributed by atoms with E-state index >= 15 is 0 Å². The number of ketones is 2. The van der Waals surface area contributed by atoms with E-state index in [1.165, 1.54) is 6.92 Å². The predicted octanol–water partition coefficient (Wildman–Crippen LogP) is 1.82. The van der Waals surface area contributed by atoms with Crippen LogP contribution in [0.2, 0.25) is 0 Å². The van der Waals surface area contributed by atoms with E-state index in [1.807, 2.05) is 0 Å². The maximum Gasteiger partial charge on any atom is 0.278 e. The number of nitrogens with one attached hydrogen (secondary N) is 1. The lowest BCUT2D eigenvalue weighted by atomic mass is 10.1. The van der Waals surface area contributed by atoms with Gasteiger partial charge in [-0.3, -0.25) is 14.4 Å². The molecule has 0 aliphatic carbocycles. The van der Waals surface area contributed by atoms with Gasteiger partial charge in [0.2, 0.25) is 5.78 Å². The number of aryl methyl sites for hydroxylation is 1. The van der Waals surface area contributed by atoms with Crippen molar-refractivity contribution < 1.29 is 9.59 Å². The Morgan fingerprint density at radius 3 is 2.58 bits per heavy atom. The van der Waals surface area contributed by atoms with Crippen LogP contribution in [-0.4, -0.2) is 31.5 Å². The van der Waals surface area contributed by atoms with Crippen LogP contribution in [0.15, 0.2) is 29.1 Å². The van der Waals surface area contributed by atoms with Crippen molar-refractivity contribution in [2.45, 2.75) is 27.3 Å². The van der Waals surface area contributed by atoms with Gasteiger partial charge in [-0.25, -0.2) is 4.68 Å². The Bertz CT molecular complexity index is 1030. The van der Waals surface area contributed by atoms with E-state index in [4.69, 9.17) is 0 Å². The number of rotatable bonds is 4. The molecule has 0 radical (unpaired) electrons. The van der Waals surface area contributed by atoms with Gasteiger partial charge >= 0.3 is 0 Å². The second-order valence-corrected chi connectivity index (χ2v) is 5.67. The summed E-state index contributed by atoms with van der Waals surface area (Å²) in [6, 6.07) is 6.83. The SMILES string of the molecule is CC(=O)c1c(C)[nH]c(C(=O)Cn2nnc3ccccc3c2=O)c1C. The molecule has 1 N–H and O–H groups in total. The number of H-pyrrole nitrogens is 1. The Kier molecular flexibility index (Phi) is 3.84. The molecule has 0 bridgehead atoms. The van der Waals surface area contributed by atoms with Crippen molar-refractivity contribution in [2.24, 2.45) is 0 Å². The van der Waals surface area contributed by atoms with Gasteiger partial charge in [0.15, 0.2) is 5.78 Å². The minimum atomic E-state index is -0.373. The minimum absolute atomic E-state index is 0.108. The number of hydrogen-bond donors (Lipinski definition) is 1. The summed E-state index contributed by atoms with van der Waals surface area (Å²) in [6.07, 6.45) is 0. The zero-order valence-electron chi connectivity index (χ0n) is 13.6. The minimum Gasteiger partial charge on any atom is -0.355 e. The maximum absolute atomic E-state index is 12.5. The number of fused-ring (bicyclic) bond motifs is 1. The predicted molar refractivity (Wildman–Crippen MR) is 88.4 cm³/mol. The molecule has 0 fully saturated rings. The molecule has 0 aliphatic rings. The molecule has 0 saturated carbocycles. The lowest BCUT2D eigenvalue weighted by molar-refractivity contribution is 0.0959. The smallest absolute Gasteiger partial charge is 0.278 e. The number of aromatic nitrogens is 4. The molecular weight excluding hydrogens is 308 g/mol. The van der Waals surface area contributed by atoms with Gasteiger partial charge in [-0.15, -0.1) is 5.10 Å². The van der Waals surface area contributed by atoms with Gasteiger partial charge in [-0.1, -0.05) is 17.3 Å². The van der Waals surface area contributed by atoms with E-state index in [-0.39, 0.29) is 23.7 Å². The van der Waals surface area contributed by atoms with Crippen molar-refractivity contribution in [3.8, 4) is 0 Å². The van der Waals surface area contributed by atoms with Crippen LogP contribution in [0.5, 0.6) is 0 Å². The lowest BCUT2D eigenvalue weighted by Crippen LogP contribution is -2.28. The highest BCUT2D eigenvalue weighted by Crippen LogP contribution is 2.19. The van der Waals surface area contributed by atoms with Gasteiger partial charge in [-0.2, -0.15) is 0 Å². The monoisotopic (exact) mass is 324 g/mol. The van der Waals surface area contributed by atoms with E-state index < -0.39 is 0 Å². The number of nitrogens with zero attached hydrogens (tertiary/aromatic N) is 3. The van der Waals surface area contributed by atoms with E-state index in [1.54, 1.807) is 38.1 Å². The summed E-state index contributed by atoms with van der Waals surface area (Å²) >= 11 is 0. The van der Waals surface area contributed by atoms with Crippen molar-refractivity contribution in [2.75, 3.05) is 0 Å². The number of hydrogen-bond acceptors (Lipinski definition) is 5. The van der Waals surface area contributed by atoms with Crippen LogP contribution in [0.25, 0.3) is 10.9 Å². The van der Waals surface area contributed by atoms with Crippen molar-refractivity contribution in [3.63, 3.8) is 0 Å². The van der Waals surface area contributed by atoms with E-state index in [2.05, 4.69) is 15.3 Å². The average molecular weight is 324 g/mol. The molecule has 2 heterocycles. The molecule has 0 atom stereocenters. The summed E-state index contributed by atoms with van der Waals surface area (Å²) in [7, 11) is 0. The Labute approximate surface area is 137 Å². The van der Waals surface area contributed by atoms with Crippen LogP contribution in [0, 0.1) is 13.8 Å². The lowest BCUT2D eigenvalue weighted by Gasteiger charge is -2.04. The van der Waals surface area contributed by atoms with Crippen molar-refractivity contribution >= 4 is 22.5 Å². The Morgan fingerprint density at radius 2 is 1.92 bits per heavy atom.